The molecule has 0 spiro atoms. The molecule has 0 radical (unpaired) electrons. The topological polar surface area (TPSA) is 120 Å². The van der Waals surface area contributed by atoms with Crippen LogP contribution in [0, 0.1) is 0 Å². The van der Waals surface area contributed by atoms with E-state index in [1.807, 2.05) is 0 Å². The van der Waals surface area contributed by atoms with Crippen LogP contribution in [0.1, 0.15) is 5.69 Å². The largest absolute Gasteiger partial charge is 1.00 e. The Bertz CT molecular complexity index is 298. The summed E-state index contributed by atoms with van der Waals surface area (Å²) in [5.41, 5.74) is 0.530. The Kier molecular flexibility index (Phi) is 13.9. The van der Waals surface area contributed by atoms with Crippen LogP contribution in [0.2, 0.25) is 0 Å². The molecular weight excluding hydrogens is 229 g/mol. The van der Waals surface area contributed by atoms with Gasteiger partial charge in [0.25, 0.3) is 0 Å². The van der Waals surface area contributed by atoms with Crippen molar-refractivity contribution in [2.75, 3.05) is 0 Å². The molecule has 0 bridgehead atoms. The van der Waals surface area contributed by atoms with Gasteiger partial charge in [-0.05, 0) is 12.9 Å². The van der Waals surface area contributed by atoms with Gasteiger partial charge in [0.2, 0.25) is 0 Å². The fourth-order valence-electron chi connectivity index (χ4n) is 0.549. The third kappa shape index (κ3) is 11.0. The van der Waals surface area contributed by atoms with E-state index in [4.69, 9.17) is 0 Å². The maximum absolute atomic E-state index is 10.2. The van der Waals surface area contributed by atoms with Crippen molar-refractivity contribution in [1.29, 1.82) is 0 Å². The van der Waals surface area contributed by atoms with Crippen molar-refractivity contribution in [3.8, 4) is 0 Å². The molecule has 1 heterocycles. The van der Waals surface area contributed by atoms with Crippen LogP contribution in [0.25, 0.3) is 0 Å². The second kappa shape index (κ2) is 9.93. The van der Waals surface area contributed by atoms with Gasteiger partial charge in [-0.15, -0.1) is 11.4 Å². The first-order chi connectivity index (χ1) is 5.58. The average Bonchev–Trinajstić information content (AvgIpc) is 2.02. The fourth-order valence-corrected chi connectivity index (χ4v) is 1.88. The van der Waals surface area contributed by atoms with Crippen molar-refractivity contribution in [2.24, 2.45) is 0 Å². The molecule has 0 amide bonds. The monoisotopic (exact) mass is 236 g/mol. The van der Waals surface area contributed by atoms with Gasteiger partial charge < -0.3 is 19.8 Å². The van der Waals surface area contributed by atoms with Crippen molar-refractivity contribution in [1.82, 2.24) is 9.97 Å². The predicted octanol–water partition coefficient (Wildman–Crippen LogP) is -7.28. The van der Waals surface area contributed by atoms with Gasteiger partial charge in [-0.25, -0.2) is 9.97 Å². The predicted molar refractivity (Wildman–Crippen MR) is 44.5 cm³/mol. The van der Waals surface area contributed by atoms with Gasteiger partial charge in [0.1, 0.15) is 6.33 Å². The molecule has 1 aromatic heterocycles. The first kappa shape index (κ1) is 21.1. The molecule has 0 saturated heterocycles. The molecule has 0 aliphatic carbocycles. The van der Waals surface area contributed by atoms with Gasteiger partial charge in [0, 0.05) is 11.9 Å². The first-order valence-corrected chi connectivity index (χ1v) is 6.13. The number of aromatic nitrogens is 2. The van der Waals surface area contributed by atoms with Gasteiger partial charge in [0.05, 0.1) is 5.69 Å². The quantitative estimate of drug-likeness (QED) is 0.379. The van der Waals surface area contributed by atoms with E-state index < -0.39 is 6.80 Å². The number of nitrogens with zero attached hydrogens (tertiary/aromatic N) is 2. The summed E-state index contributed by atoms with van der Waals surface area (Å²) in [5, 5.41) is 0. The van der Waals surface area contributed by atoms with Crippen molar-refractivity contribution < 1.29 is 57.5 Å². The number of rotatable bonds is 3. The molecule has 0 saturated carbocycles. The summed E-state index contributed by atoms with van der Waals surface area (Å²) >= 11 is 0.341. The Hall–Kier alpha value is 0.735. The van der Waals surface area contributed by atoms with Crippen LogP contribution in [-0.4, -0.2) is 15.4 Å². The molecule has 0 aromatic carbocycles. The van der Waals surface area contributed by atoms with Crippen LogP contribution in [0.5, 0.6) is 0 Å². The summed E-state index contributed by atoms with van der Waals surface area (Å²) in [5.74, 6) is 0.0762. The Morgan fingerprint density at radius 3 is 2.40 bits per heavy atom. The molecule has 0 aliphatic heterocycles. The van der Waals surface area contributed by atoms with E-state index in [0.717, 1.165) is 0 Å². The Labute approximate surface area is 115 Å². The average molecular weight is 236 g/mol. The Morgan fingerprint density at radius 1 is 1.40 bits per heavy atom. The smallest absolute Gasteiger partial charge is 0.803 e. The Morgan fingerprint density at radius 2 is 2.00 bits per heavy atom. The maximum Gasteiger partial charge on any atom is 1.00 e. The standard InChI is InChI=1S/C5H7N2O3PS.2Li.H2O/c8-11(9,10)12-3-5-1-2-6-4-7-5;;;/h1-2,4H,3H2,(H2,8,9,10);;;1H2/q;2*+1;/p-2. The van der Waals surface area contributed by atoms with Crippen molar-refractivity contribution in [3.05, 3.63) is 24.3 Å². The fraction of sp³-hybridized carbons (Fsp3) is 0.200. The van der Waals surface area contributed by atoms with E-state index in [-0.39, 0.29) is 49.0 Å². The van der Waals surface area contributed by atoms with Gasteiger partial charge in [-0.1, -0.05) is 0 Å². The van der Waals surface area contributed by atoms with E-state index in [0.29, 0.717) is 17.1 Å². The zero-order chi connectivity index (χ0) is 9.03. The summed E-state index contributed by atoms with van der Waals surface area (Å²) in [7, 11) is 0. The molecule has 0 aliphatic rings. The molecule has 1 rings (SSSR count). The van der Waals surface area contributed by atoms with E-state index in [9.17, 15) is 14.4 Å². The number of hydrogen-bond donors (Lipinski definition) is 0. The summed E-state index contributed by atoms with van der Waals surface area (Å²) in [4.78, 5) is 27.8. The zero-order valence-electron chi connectivity index (χ0n) is 8.41. The SMILES string of the molecule is O.O=P([O-])([O-])SCc1ccncn1.[Li+].[Li+]. The van der Waals surface area contributed by atoms with Crippen LogP contribution in [0.4, 0.5) is 0 Å². The first-order valence-electron chi connectivity index (χ1n) is 2.99. The summed E-state index contributed by atoms with van der Waals surface area (Å²) in [6, 6.07) is 1.56. The molecule has 0 fully saturated rings. The minimum absolute atomic E-state index is 0. The van der Waals surface area contributed by atoms with Crippen LogP contribution in [-0.2, 0) is 10.3 Å². The number of hydrogen-bond acceptors (Lipinski definition) is 6. The second-order valence-electron chi connectivity index (χ2n) is 1.92. The van der Waals surface area contributed by atoms with Crippen molar-refractivity contribution >= 4 is 18.2 Å². The minimum atomic E-state index is -4.47. The maximum atomic E-state index is 10.2. The Balaban J connectivity index is -0.000000480. The van der Waals surface area contributed by atoms with Crippen LogP contribution in [0.15, 0.2) is 18.6 Å². The van der Waals surface area contributed by atoms with Crippen molar-refractivity contribution in [3.63, 3.8) is 0 Å². The van der Waals surface area contributed by atoms with E-state index in [2.05, 4.69) is 9.97 Å². The zero-order valence-corrected chi connectivity index (χ0v) is 10.1. The third-order valence-electron chi connectivity index (χ3n) is 1.01. The second-order valence-corrected chi connectivity index (χ2v) is 5.48. The normalized spacial score (nSPS) is 9.20. The molecule has 0 atom stereocenters. The molecule has 0 unspecified atom stereocenters. The summed E-state index contributed by atoms with van der Waals surface area (Å²) in [6.07, 6.45) is 2.79. The molecule has 10 heteroatoms. The van der Waals surface area contributed by atoms with Gasteiger partial charge in [-0.2, -0.15) is 0 Å². The molecule has 15 heavy (non-hydrogen) atoms. The van der Waals surface area contributed by atoms with Crippen molar-refractivity contribution in [2.45, 2.75) is 5.75 Å². The summed E-state index contributed by atoms with van der Waals surface area (Å²) < 4.78 is 10.2. The van der Waals surface area contributed by atoms with Crippen LogP contribution >= 0.6 is 18.2 Å². The van der Waals surface area contributed by atoms with Gasteiger partial charge in [-0.3, -0.25) is 0 Å². The minimum Gasteiger partial charge on any atom is -0.803 e. The molecule has 2 N–H and O–H groups in total. The van der Waals surface area contributed by atoms with Gasteiger partial charge in [0.15, 0.2) is 0 Å². The molecule has 6 nitrogen and oxygen atoms in total. The van der Waals surface area contributed by atoms with E-state index >= 15 is 0 Å². The van der Waals surface area contributed by atoms with Crippen LogP contribution < -0.4 is 47.5 Å². The molecule has 1 aromatic rings. The van der Waals surface area contributed by atoms with Gasteiger partial charge >= 0.3 is 37.7 Å². The molecular formula is C5H7Li2N2O4PS. The molecule has 74 valence electrons. The summed E-state index contributed by atoms with van der Waals surface area (Å²) in [6.45, 7) is -4.47. The van der Waals surface area contributed by atoms with E-state index in [1.54, 1.807) is 6.07 Å². The van der Waals surface area contributed by atoms with Crippen LogP contribution in [0.3, 0.4) is 0 Å². The van der Waals surface area contributed by atoms with E-state index in [1.165, 1.54) is 12.5 Å². The third-order valence-corrected chi connectivity index (χ3v) is 3.09.